The van der Waals surface area contributed by atoms with Crippen molar-refractivity contribution in [2.45, 2.75) is 28.5 Å². The zero-order valence-electron chi connectivity index (χ0n) is 30.4. The Morgan fingerprint density at radius 2 is 1.39 bits per heavy atom. The average molecular weight is 798 g/mol. The van der Waals surface area contributed by atoms with Crippen LogP contribution in [0, 0.1) is 23.6 Å². The second-order valence-electron chi connectivity index (χ2n) is 14.2. The van der Waals surface area contributed by atoms with Crippen molar-refractivity contribution in [1.82, 2.24) is 0 Å². The van der Waals surface area contributed by atoms with Crippen molar-refractivity contribution in [3.63, 3.8) is 0 Å². The van der Waals surface area contributed by atoms with Crippen molar-refractivity contribution in [1.29, 1.82) is 0 Å². The number of phenolic OH excluding ortho intramolecular Hbond substituents is 1. The van der Waals surface area contributed by atoms with E-state index in [4.69, 9.17) is 37.4 Å². The molecule has 2 aliphatic carbocycles. The highest BCUT2D eigenvalue weighted by molar-refractivity contribution is 6.58. The highest BCUT2D eigenvalue weighted by Gasteiger charge is 2.77. The number of imide groups is 2. The summed E-state index contributed by atoms with van der Waals surface area (Å²) < 4.78 is 30.2. The average Bonchev–Trinajstić information content (AvgIpc) is 3.55. The van der Waals surface area contributed by atoms with Gasteiger partial charge in [0.2, 0.25) is 11.8 Å². The molecule has 0 bridgehead atoms. The fourth-order valence-electron chi connectivity index (χ4n) is 8.78. The summed E-state index contributed by atoms with van der Waals surface area (Å²) in [6.07, 6.45) is 5.39. The van der Waals surface area contributed by atoms with Gasteiger partial charge in [0.05, 0.1) is 44.5 Å². The number of alkyl halides is 2. The maximum Gasteiger partial charge on any atom is 0.258 e. The lowest BCUT2D eigenvalue weighted by Crippen LogP contribution is -2.60. The van der Waals surface area contributed by atoms with Crippen LogP contribution in [-0.4, -0.2) is 59.8 Å². The molecule has 0 radical (unpaired) electrons. The molecule has 6 unspecified atom stereocenters. The Morgan fingerprint density at radius 1 is 0.750 bits per heavy atom. The van der Waals surface area contributed by atoms with E-state index in [9.17, 15) is 28.7 Å². The van der Waals surface area contributed by atoms with Crippen LogP contribution >= 0.6 is 23.2 Å². The number of hydrogen-bond acceptors (Lipinski definition) is 8. The van der Waals surface area contributed by atoms with E-state index in [-0.39, 0.29) is 29.8 Å². The standard InChI is InChI=1S/C43H35Cl2FN2O8/c1-54-28-15-19-35(56-3)24(20-28)7-4-23-5-10-26(11-6-23)47-38(50)31-17-16-30-33(36(31)39(47)51)22-42(44)40(52)48(27-12-8-25(46)9-13-27)41(53)43(42,45)37(30)32-21-29(55-2)14-18-34(32)49/h4-16,18-21,31,33,36-37,49H,17,22H2,1-3H3. The highest BCUT2D eigenvalue weighted by atomic mass is 35.5. The first-order chi connectivity index (χ1) is 26.9. The number of phenols is 1. The minimum Gasteiger partial charge on any atom is -0.508 e. The summed E-state index contributed by atoms with van der Waals surface area (Å²) in [6, 6.07) is 21.6. The summed E-state index contributed by atoms with van der Waals surface area (Å²) in [5, 5.41) is 11.3. The highest BCUT2D eigenvalue weighted by Crippen LogP contribution is 2.66. The Balaban J connectivity index is 1.17. The molecule has 4 amide bonds. The number of carbonyl (C=O) groups is 4. The number of anilines is 2. The molecule has 0 aromatic heterocycles. The number of carbonyl (C=O) groups excluding carboxylic acids is 4. The normalized spacial score (nSPS) is 26.9. The molecule has 6 atom stereocenters. The van der Waals surface area contributed by atoms with E-state index >= 15 is 0 Å². The summed E-state index contributed by atoms with van der Waals surface area (Å²) in [4.78, 5) is 55.5. The zero-order valence-corrected chi connectivity index (χ0v) is 31.9. The van der Waals surface area contributed by atoms with Crippen LogP contribution in [-0.2, 0) is 19.2 Å². The number of benzene rings is 4. The van der Waals surface area contributed by atoms with Gasteiger partial charge >= 0.3 is 0 Å². The fraction of sp³-hybridized carbons (Fsp3) is 0.256. The molecule has 2 saturated heterocycles. The monoisotopic (exact) mass is 796 g/mol. The van der Waals surface area contributed by atoms with Crippen molar-refractivity contribution in [3.8, 4) is 23.0 Å². The van der Waals surface area contributed by atoms with E-state index in [1.807, 2.05) is 18.2 Å². The topological polar surface area (TPSA) is 123 Å². The van der Waals surface area contributed by atoms with Gasteiger partial charge in [-0.2, -0.15) is 0 Å². The molecule has 3 fully saturated rings. The van der Waals surface area contributed by atoms with Gasteiger partial charge in [-0.05, 0) is 97.1 Å². The number of amides is 4. The Hall–Kier alpha value is -5.65. The lowest BCUT2D eigenvalue weighted by atomic mass is 9.56. The van der Waals surface area contributed by atoms with Crippen molar-refractivity contribution in [2.75, 3.05) is 31.1 Å². The quantitative estimate of drug-likeness (QED) is 0.0843. The van der Waals surface area contributed by atoms with Crippen molar-refractivity contribution in [2.24, 2.45) is 17.8 Å². The number of rotatable bonds is 8. The molecule has 13 heteroatoms. The first-order valence-electron chi connectivity index (χ1n) is 17.8. The first-order valence-corrected chi connectivity index (χ1v) is 18.6. The van der Waals surface area contributed by atoms with Crippen LogP contribution in [0.3, 0.4) is 0 Å². The molecule has 0 spiro atoms. The van der Waals surface area contributed by atoms with E-state index in [0.29, 0.717) is 28.5 Å². The Kier molecular flexibility index (Phi) is 9.20. The third-order valence-corrected chi connectivity index (χ3v) is 12.9. The molecular formula is C43H35Cl2FN2O8. The summed E-state index contributed by atoms with van der Waals surface area (Å²) in [6.45, 7) is 0. The second-order valence-corrected chi connectivity index (χ2v) is 15.5. The third-order valence-electron chi connectivity index (χ3n) is 11.5. The lowest BCUT2D eigenvalue weighted by Gasteiger charge is -2.50. The zero-order chi connectivity index (χ0) is 39.7. The van der Waals surface area contributed by atoms with Crippen LogP contribution in [0.5, 0.6) is 23.0 Å². The summed E-state index contributed by atoms with van der Waals surface area (Å²) in [5.41, 5.74) is 2.67. The Labute approximate surface area is 331 Å². The van der Waals surface area contributed by atoms with Gasteiger partial charge < -0.3 is 19.3 Å². The van der Waals surface area contributed by atoms with Gasteiger partial charge in [0.1, 0.15) is 28.8 Å². The van der Waals surface area contributed by atoms with Gasteiger partial charge in [-0.3, -0.25) is 24.1 Å². The number of nitrogens with zero attached hydrogens (tertiary/aromatic N) is 2. The van der Waals surface area contributed by atoms with Crippen molar-refractivity contribution < 1.29 is 42.9 Å². The number of halogens is 3. The van der Waals surface area contributed by atoms with Crippen LogP contribution < -0.4 is 24.0 Å². The fourth-order valence-corrected chi connectivity index (χ4v) is 9.71. The maximum atomic E-state index is 14.6. The van der Waals surface area contributed by atoms with E-state index in [2.05, 4.69) is 0 Å². The number of fused-ring (bicyclic) bond motifs is 4. The number of allylic oxidation sites excluding steroid dienone is 2. The van der Waals surface area contributed by atoms with Crippen molar-refractivity contribution >= 4 is 70.4 Å². The minimum absolute atomic E-state index is 0.0542. The van der Waals surface area contributed by atoms with E-state index < -0.39 is 62.9 Å². The minimum atomic E-state index is -2.21. The van der Waals surface area contributed by atoms with Gasteiger partial charge in [0.25, 0.3) is 11.8 Å². The molecular weight excluding hydrogens is 762 g/mol. The van der Waals surface area contributed by atoms with Crippen LogP contribution in [0.25, 0.3) is 12.2 Å². The molecule has 10 nitrogen and oxygen atoms in total. The second kappa shape index (κ2) is 13.8. The molecule has 4 aromatic rings. The number of aromatic hydroxyl groups is 1. The third kappa shape index (κ3) is 5.50. The summed E-state index contributed by atoms with van der Waals surface area (Å²) in [5.74, 6) is -5.60. The Bertz CT molecular complexity index is 2370. The molecule has 8 rings (SSSR count). The summed E-state index contributed by atoms with van der Waals surface area (Å²) >= 11 is 14.9. The van der Waals surface area contributed by atoms with Crippen LogP contribution in [0.2, 0.25) is 0 Å². The molecule has 4 aliphatic rings. The Morgan fingerprint density at radius 3 is 2.07 bits per heavy atom. The van der Waals surface area contributed by atoms with Crippen LogP contribution in [0.4, 0.5) is 15.8 Å². The van der Waals surface area contributed by atoms with Crippen LogP contribution in [0.15, 0.2) is 96.6 Å². The molecule has 4 aromatic carbocycles. The molecule has 1 N–H and O–H groups in total. The maximum absolute atomic E-state index is 14.6. The van der Waals surface area contributed by atoms with Gasteiger partial charge in [0, 0.05) is 17.0 Å². The smallest absolute Gasteiger partial charge is 0.258 e. The van der Waals surface area contributed by atoms with Crippen molar-refractivity contribution in [3.05, 3.63) is 119 Å². The van der Waals surface area contributed by atoms with Gasteiger partial charge in [-0.25, -0.2) is 9.29 Å². The largest absolute Gasteiger partial charge is 0.508 e. The number of ether oxygens (including phenoxy) is 3. The van der Waals surface area contributed by atoms with Gasteiger partial charge in [-0.15, -0.1) is 23.2 Å². The van der Waals surface area contributed by atoms with E-state index in [0.717, 1.165) is 28.2 Å². The van der Waals surface area contributed by atoms with Crippen LogP contribution in [0.1, 0.15) is 35.4 Å². The first kappa shape index (κ1) is 37.3. The molecule has 56 heavy (non-hydrogen) atoms. The SMILES string of the molecule is COc1ccc(OC)c(C=Cc2ccc(N3C(=O)C4CC=C5C(CC6(Cl)C(=O)N(c7ccc(F)cc7)C(=O)C6(Cl)C5c5cc(OC)ccc5O)C4C3=O)cc2)c1. The molecule has 1 saturated carbocycles. The van der Waals surface area contributed by atoms with E-state index in [1.165, 1.54) is 42.3 Å². The molecule has 286 valence electrons. The van der Waals surface area contributed by atoms with Gasteiger partial charge in [0.15, 0.2) is 9.75 Å². The number of hydrogen-bond donors (Lipinski definition) is 1. The van der Waals surface area contributed by atoms with Gasteiger partial charge in [-0.1, -0.05) is 35.9 Å². The molecule has 2 heterocycles. The summed E-state index contributed by atoms with van der Waals surface area (Å²) in [7, 11) is 4.60. The predicted octanol–water partition coefficient (Wildman–Crippen LogP) is 7.50. The van der Waals surface area contributed by atoms with E-state index in [1.54, 1.807) is 56.7 Å². The molecule has 2 aliphatic heterocycles. The lowest BCUT2D eigenvalue weighted by molar-refractivity contribution is -0.125. The number of methoxy groups -OCH3 is 3. The predicted molar refractivity (Wildman–Crippen MR) is 209 cm³/mol.